The van der Waals surface area contributed by atoms with E-state index in [2.05, 4.69) is 4.74 Å². The van der Waals surface area contributed by atoms with E-state index in [0.29, 0.717) is 0 Å². The molecule has 2 rings (SSSR count). The monoisotopic (exact) mass is 285 g/mol. The second-order valence-corrected chi connectivity index (χ2v) is 4.21. The first-order valence-electron chi connectivity index (χ1n) is 5.96. The maximum absolute atomic E-state index is 13.6. The van der Waals surface area contributed by atoms with Gasteiger partial charge in [-0.1, -0.05) is 6.07 Å². The molecule has 20 heavy (non-hydrogen) atoms. The molecule has 1 aliphatic rings. The van der Waals surface area contributed by atoms with Gasteiger partial charge in [-0.05, 0) is 12.1 Å². The van der Waals surface area contributed by atoms with Gasteiger partial charge < -0.3 is 14.4 Å². The summed E-state index contributed by atoms with van der Waals surface area (Å²) >= 11 is 0. The molecule has 108 valence electrons. The van der Waals surface area contributed by atoms with Crippen molar-refractivity contribution in [3.05, 3.63) is 35.4 Å². The highest BCUT2D eigenvalue weighted by Crippen LogP contribution is 2.18. The third-order valence-corrected chi connectivity index (χ3v) is 3.04. The molecule has 1 fully saturated rings. The van der Waals surface area contributed by atoms with Crippen LogP contribution >= 0.6 is 0 Å². The fourth-order valence-corrected chi connectivity index (χ4v) is 2.02. The van der Waals surface area contributed by atoms with E-state index in [1.54, 1.807) is 0 Å². The molecule has 1 atom stereocenters. The van der Waals surface area contributed by atoms with Crippen molar-refractivity contribution < 1.29 is 27.8 Å². The van der Waals surface area contributed by atoms with Crippen molar-refractivity contribution >= 4 is 11.9 Å². The van der Waals surface area contributed by atoms with E-state index in [-0.39, 0.29) is 19.8 Å². The summed E-state index contributed by atoms with van der Waals surface area (Å²) in [5.41, 5.74) is -0.677. The molecule has 1 heterocycles. The Labute approximate surface area is 114 Å². The van der Waals surface area contributed by atoms with Gasteiger partial charge in [0.2, 0.25) is 0 Å². The Balaban J connectivity index is 2.33. The molecule has 1 aromatic rings. The van der Waals surface area contributed by atoms with Crippen LogP contribution in [0.4, 0.5) is 8.78 Å². The number of morpholine rings is 1. The number of esters is 1. The number of hydrogen-bond donors (Lipinski definition) is 0. The van der Waals surface area contributed by atoms with Gasteiger partial charge in [0.1, 0.15) is 17.2 Å². The van der Waals surface area contributed by atoms with Crippen LogP contribution in [0.15, 0.2) is 18.2 Å². The highest BCUT2D eigenvalue weighted by atomic mass is 19.1. The van der Waals surface area contributed by atoms with Gasteiger partial charge in [-0.2, -0.15) is 0 Å². The van der Waals surface area contributed by atoms with Crippen LogP contribution in [-0.2, 0) is 14.3 Å². The lowest BCUT2D eigenvalue weighted by molar-refractivity contribution is -0.151. The lowest BCUT2D eigenvalue weighted by Gasteiger charge is -2.33. The molecule has 1 aliphatic heterocycles. The maximum atomic E-state index is 13.6. The largest absolute Gasteiger partial charge is 0.467 e. The molecule has 0 saturated carbocycles. The quantitative estimate of drug-likeness (QED) is 0.760. The number of methoxy groups -OCH3 is 1. The van der Waals surface area contributed by atoms with Crippen LogP contribution in [0.1, 0.15) is 10.4 Å². The van der Waals surface area contributed by atoms with Crippen molar-refractivity contribution in [2.45, 2.75) is 6.04 Å². The third-order valence-electron chi connectivity index (χ3n) is 3.04. The second-order valence-electron chi connectivity index (χ2n) is 4.21. The third kappa shape index (κ3) is 2.62. The molecule has 0 aliphatic carbocycles. The SMILES string of the molecule is COC(=O)C1COCCN1C(=O)c1c(F)cccc1F. The van der Waals surface area contributed by atoms with E-state index >= 15 is 0 Å². The summed E-state index contributed by atoms with van der Waals surface area (Å²) in [7, 11) is 1.17. The fourth-order valence-electron chi connectivity index (χ4n) is 2.02. The standard InChI is InChI=1S/C13H13F2NO4/c1-19-13(18)10-7-20-6-5-16(10)12(17)11-8(14)3-2-4-9(11)15/h2-4,10H,5-7H2,1H3. The highest BCUT2D eigenvalue weighted by Gasteiger charge is 2.36. The Morgan fingerprint density at radius 2 is 2.00 bits per heavy atom. The normalized spacial score (nSPS) is 18.8. The van der Waals surface area contributed by atoms with E-state index in [9.17, 15) is 18.4 Å². The molecular weight excluding hydrogens is 272 g/mol. The minimum Gasteiger partial charge on any atom is -0.467 e. The van der Waals surface area contributed by atoms with E-state index in [1.165, 1.54) is 13.2 Å². The zero-order valence-electron chi connectivity index (χ0n) is 10.8. The summed E-state index contributed by atoms with van der Waals surface area (Å²) in [4.78, 5) is 24.9. The lowest BCUT2D eigenvalue weighted by Crippen LogP contribution is -2.53. The van der Waals surface area contributed by atoms with Crippen LogP contribution < -0.4 is 0 Å². The Hall–Kier alpha value is -2.02. The van der Waals surface area contributed by atoms with Gasteiger partial charge in [-0.3, -0.25) is 4.79 Å². The topological polar surface area (TPSA) is 55.8 Å². The summed E-state index contributed by atoms with van der Waals surface area (Å²) in [6.45, 7) is 0.191. The molecule has 1 amide bonds. The molecule has 1 saturated heterocycles. The molecule has 0 spiro atoms. The predicted molar refractivity (Wildman–Crippen MR) is 64.0 cm³/mol. The Bertz CT molecular complexity index is 515. The minimum atomic E-state index is -1.000. The number of nitrogens with zero attached hydrogens (tertiary/aromatic N) is 1. The van der Waals surface area contributed by atoms with Crippen molar-refractivity contribution in [1.29, 1.82) is 0 Å². The van der Waals surface area contributed by atoms with Crippen LogP contribution in [0.25, 0.3) is 0 Å². The van der Waals surface area contributed by atoms with E-state index in [1.807, 2.05) is 0 Å². The molecule has 5 nitrogen and oxygen atoms in total. The first-order valence-corrected chi connectivity index (χ1v) is 5.96. The zero-order valence-corrected chi connectivity index (χ0v) is 10.8. The summed E-state index contributed by atoms with van der Waals surface area (Å²) in [6, 6.07) is 2.15. The van der Waals surface area contributed by atoms with Crippen LogP contribution in [-0.4, -0.2) is 49.7 Å². The Morgan fingerprint density at radius 1 is 1.35 bits per heavy atom. The number of hydrogen-bond acceptors (Lipinski definition) is 4. The average Bonchev–Trinajstić information content (AvgIpc) is 2.46. The Kier molecular flexibility index (Phi) is 4.29. The number of amides is 1. The maximum Gasteiger partial charge on any atom is 0.331 e. The molecule has 0 bridgehead atoms. The molecule has 1 unspecified atom stereocenters. The second kappa shape index (κ2) is 5.96. The molecular formula is C13H13F2NO4. The van der Waals surface area contributed by atoms with Gasteiger partial charge in [0.25, 0.3) is 5.91 Å². The summed E-state index contributed by atoms with van der Waals surface area (Å²) < 4.78 is 36.9. The molecule has 0 N–H and O–H groups in total. The Morgan fingerprint density at radius 3 is 2.60 bits per heavy atom. The van der Waals surface area contributed by atoms with Crippen molar-refractivity contribution in [2.24, 2.45) is 0 Å². The number of rotatable bonds is 2. The molecule has 0 radical (unpaired) electrons. The number of carbonyl (C=O) groups excluding carboxylic acids is 2. The van der Waals surface area contributed by atoms with Gasteiger partial charge >= 0.3 is 5.97 Å². The van der Waals surface area contributed by atoms with Crippen molar-refractivity contribution in [2.75, 3.05) is 26.9 Å². The van der Waals surface area contributed by atoms with Crippen molar-refractivity contribution in [3.8, 4) is 0 Å². The number of halogens is 2. The smallest absolute Gasteiger partial charge is 0.331 e. The molecule has 1 aromatic carbocycles. The summed E-state index contributed by atoms with van der Waals surface area (Å²) in [5.74, 6) is -3.51. The van der Waals surface area contributed by atoms with Crippen LogP contribution in [0.2, 0.25) is 0 Å². The van der Waals surface area contributed by atoms with Gasteiger partial charge in [0.15, 0.2) is 6.04 Å². The van der Waals surface area contributed by atoms with E-state index in [4.69, 9.17) is 4.74 Å². The van der Waals surface area contributed by atoms with Gasteiger partial charge in [0, 0.05) is 6.54 Å². The summed E-state index contributed by atoms with van der Waals surface area (Å²) in [6.07, 6.45) is 0. The zero-order chi connectivity index (χ0) is 14.7. The average molecular weight is 285 g/mol. The molecule has 7 heteroatoms. The number of benzene rings is 1. The summed E-state index contributed by atoms with van der Waals surface area (Å²) in [5, 5.41) is 0. The number of carbonyl (C=O) groups is 2. The van der Waals surface area contributed by atoms with Gasteiger partial charge in [-0.25, -0.2) is 13.6 Å². The molecule has 0 aromatic heterocycles. The lowest BCUT2D eigenvalue weighted by atomic mass is 10.1. The van der Waals surface area contributed by atoms with E-state index < -0.39 is 35.1 Å². The van der Waals surface area contributed by atoms with Gasteiger partial charge in [-0.15, -0.1) is 0 Å². The van der Waals surface area contributed by atoms with Crippen LogP contribution in [0, 0.1) is 11.6 Å². The van der Waals surface area contributed by atoms with Crippen molar-refractivity contribution in [3.63, 3.8) is 0 Å². The first-order chi connectivity index (χ1) is 9.56. The van der Waals surface area contributed by atoms with Gasteiger partial charge in [0.05, 0.1) is 20.3 Å². The van der Waals surface area contributed by atoms with Crippen LogP contribution in [0.5, 0.6) is 0 Å². The van der Waals surface area contributed by atoms with Crippen LogP contribution in [0.3, 0.4) is 0 Å². The minimum absolute atomic E-state index is 0.0610. The van der Waals surface area contributed by atoms with Crippen molar-refractivity contribution in [1.82, 2.24) is 4.90 Å². The fraction of sp³-hybridized carbons (Fsp3) is 0.385. The first kappa shape index (κ1) is 14.4. The van der Waals surface area contributed by atoms with E-state index in [0.717, 1.165) is 17.0 Å². The predicted octanol–water partition coefficient (Wildman–Crippen LogP) is 0.979. The number of ether oxygens (including phenoxy) is 2. The highest BCUT2D eigenvalue weighted by molar-refractivity contribution is 5.97.